The molecule has 0 aromatic rings. The van der Waals surface area contributed by atoms with E-state index in [1.807, 2.05) is 0 Å². The predicted octanol–water partition coefficient (Wildman–Crippen LogP) is 1.07. The van der Waals surface area contributed by atoms with Gasteiger partial charge in [0.05, 0.1) is 0 Å². The van der Waals surface area contributed by atoms with E-state index in [9.17, 15) is 0 Å². The first-order chi connectivity index (χ1) is 6.90. The van der Waals surface area contributed by atoms with Crippen LogP contribution in [0.4, 0.5) is 0 Å². The van der Waals surface area contributed by atoms with Crippen LogP contribution in [0.25, 0.3) is 0 Å². The SMILES string of the molecule is CC[C@H](NC1OCO1)C1CCOCC1. The Morgan fingerprint density at radius 1 is 1.29 bits per heavy atom. The molecule has 2 aliphatic heterocycles. The smallest absolute Gasteiger partial charge is 0.220 e. The van der Waals surface area contributed by atoms with Gasteiger partial charge >= 0.3 is 0 Å². The lowest BCUT2D eigenvalue weighted by atomic mass is 9.90. The Kier molecular flexibility index (Phi) is 3.75. The number of rotatable bonds is 4. The standard InChI is InChI=1S/C10H19NO3/c1-2-9(11-10-13-7-14-10)8-3-5-12-6-4-8/h8-11H,2-7H2,1H3/t9-/m0/s1. The van der Waals surface area contributed by atoms with Gasteiger partial charge < -0.3 is 14.2 Å². The molecule has 14 heavy (non-hydrogen) atoms. The van der Waals surface area contributed by atoms with Crippen molar-refractivity contribution in [1.82, 2.24) is 5.32 Å². The molecule has 2 rings (SSSR count). The maximum Gasteiger partial charge on any atom is 0.220 e. The highest BCUT2D eigenvalue weighted by Crippen LogP contribution is 2.22. The third kappa shape index (κ3) is 2.45. The van der Waals surface area contributed by atoms with E-state index >= 15 is 0 Å². The van der Waals surface area contributed by atoms with Crippen molar-refractivity contribution in [3.05, 3.63) is 0 Å². The van der Waals surface area contributed by atoms with Crippen LogP contribution in [-0.2, 0) is 14.2 Å². The highest BCUT2D eigenvalue weighted by atomic mass is 16.9. The van der Waals surface area contributed by atoms with Gasteiger partial charge in [0.15, 0.2) is 6.79 Å². The number of hydrogen-bond acceptors (Lipinski definition) is 4. The average Bonchev–Trinajstić information content (AvgIpc) is 2.18. The number of nitrogens with one attached hydrogen (secondary N) is 1. The molecule has 2 saturated heterocycles. The summed E-state index contributed by atoms with van der Waals surface area (Å²) in [6.45, 7) is 4.43. The zero-order chi connectivity index (χ0) is 9.80. The molecule has 1 atom stereocenters. The van der Waals surface area contributed by atoms with Crippen LogP contribution in [0.3, 0.4) is 0 Å². The molecule has 0 aromatic heterocycles. The summed E-state index contributed by atoms with van der Waals surface area (Å²) in [7, 11) is 0. The Morgan fingerprint density at radius 2 is 2.00 bits per heavy atom. The van der Waals surface area contributed by atoms with Crippen molar-refractivity contribution in [3.63, 3.8) is 0 Å². The van der Waals surface area contributed by atoms with Gasteiger partial charge in [-0.1, -0.05) is 6.92 Å². The Bertz CT molecular complexity index is 167. The van der Waals surface area contributed by atoms with Crippen LogP contribution >= 0.6 is 0 Å². The van der Waals surface area contributed by atoms with Gasteiger partial charge in [-0.3, -0.25) is 5.32 Å². The van der Waals surface area contributed by atoms with Crippen LogP contribution in [0.1, 0.15) is 26.2 Å². The molecule has 0 amide bonds. The fourth-order valence-electron chi connectivity index (χ4n) is 2.11. The van der Waals surface area contributed by atoms with Gasteiger partial charge in [-0.2, -0.15) is 0 Å². The Labute approximate surface area is 84.9 Å². The minimum Gasteiger partial charge on any atom is -0.381 e. The topological polar surface area (TPSA) is 39.7 Å². The molecule has 0 bridgehead atoms. The quantitative estimate of drug-likeness (QED) is 0.738. The molecule has 4 nitrogen and oxygen atoms in total. The molecule has 0 aromatic carbocycles. The van der Waals surface area contributed by atoms with Gasteiger partial charge in [-0.25, -0.2) is 0 Å². The molecule has 2 heterocycles. The van der Waals surface area contributed by atoms with E-state index in [2.05, 4.69) is 12.2 Å². The summed E-state index contributed by atoms with van der Waals surface area (Å²) in [5.74, 6) is 0.710. The van der Waals surface area contributed by atoms with E-state index in [1.165, 1.54) is 0 Å². The van der Waals surface area contributed by atoms with Gasteiger partial charge in [0.1, 0.15) is 0 Å². The van der Waals surface area contributed by atoms with E-state index in [-0.39, 0.29) is 6.41 Å². The maximum absolute atomic E-state index is 5.35. The molecule has 0 aliphatic carbocycles. The third-order valence-electron chi connectivity index (χ3n) is 3.06. The minimum absolute atomic E-state index is 0.164. The fourth-order valence-corrected chi connectivity index (χ4v) is 2.11. The first kappa shape index (κ1) is 10.4. The lowest BCUT2D eigenvalue weighted by Crippen LogP contribution is -2.51. The van der Waals surface area contributed by atoms with E-state index in [4.69, 9.17) is 14.2 Å². The van der Waals surface area contributed by atoms with Crippen LogP contribution in [0.2, 0.25) is 0 Å². The monoisotopic (exact) mass is 201 g/mol. The second-order valence-corrected chi connectivity index (χ2v) is 3.91. The zero-order valence-corrected chi connectivity index (χ0v) is 8.70. The Hall–Kier alpha value is -0.160. The highest BCUT2D eigenvalue weighted by molar-refractivity contribution is 4.77. The summed E-state index contributed by atoms with van der Waals surface area (Å²) in [6.07, 6.45) is 3.26. The van der Waals surface area contributed by atoms with Gasteiger partial charge in [0.2, 0.25) is 6.41 Å². The largest absolute Gasteiger partial charge is 0.381 e. The maximum atomic E-state index is 5.35. The summed E-state index contributed by atoms with van der Waals surface area (Å²) < 4.78 is 15.7. The second kappa shape index (κ2) is 5.07. The summed E-state index contributed by atoms with van der Waals surface area (Å²) in [6, 6.07) is 0.504. The van der Waals surface area contributed by atoms with Gasteiger partial charge in [-0.15, -0.1) is 0 Å². The Morgan fingerprint density at radius 3 is 2.50 bits per heavy atom. The van der Waals surface area contributed by atoms with Crippen molar-refractivity contribution >= 4 is 0 Å². The molecule has 2 aliphatic rings. The van der Waals surface area contributed by atoms with Crippen molar-refractivity contribution in [2.75, 3.05) is 20.0 Å². The average molecular weight is 201 g/mol. The Balaban J connectivity index is 1.77. The van der Waals surface area contributed by atoms with Gasteiger partial charge in [0.25, 0.3) is 0 Å². The molecular weight excluding hydrogens is 182 g/mol. The molecule has 0 spiro atoms. The number of hydrogen-bond donors (Lipinski definition) is 1. The van der Waals surface area contributed by atoms with Crippen LogP contribution in [0.5, 0.6) is 0 Å². The molecule has 4 heteroatoms. The first-order valence-electron chi connectivity index (χ1n) is 5.47. The van der Waals surface area contributed by atoms with Crippen molar-refractivity contribution in [1.29, 1.82) is 0 Å². The molecular formula is C10H19NO3. The molecule has 2 fully saturated rings. The lowest BCUT2D eigenvalue weighted by Gasteiger charge is -2.36. The lowest BCUT2D eigenvalue weighted by molar-refractivity contribution is -0.336. The van der Waals surface area contributed by atoms with E-state index in [0.29, 0.717) is 18.8 Å². The van der Waals surface area contributed by atoms with Gasteiger partial charge in [-0.05, 0) is 25.2 Å². The van der Waals surface area contributed by atoms with Gasteiger partial charge in [0, 0.05) is 19.3 Å². The molecule has 1 N–H and O–H groups in total. The first-order valence-corrected chi connectivity index (χ1v) is 5.47. The van der Waals surface area contributed by atoms with E-state index in [0.717, 1.165) is 32.5 Å². The number of ether oxygens (including phenoxy) is 3. The predicted molar refractivity (Wildman–Crippen MR) is 51.6 cm³/mol. The van der Waals surface area contributed by atoms with E-state index < -0.39 is 0 Å². The summed E-state index contributed by atoms with van der Waals surface area (Å²) >= 11 is 0. The molecule has 0 radical (unpaired) electrons. The second-order valence-electron chi connectivity index (χ2n) is 3.91. The summed E-state index contributed by atoms with van der Waals surface area (Å²) in [5, 5.41) is 3.37. The fraction of sp³-hybridized carbons (Fsp3) is 1.00. The van der Waals surface area contributed by atoms with Crippen molar-refractivity contribution in [2.45, 2.75) is 38.6 Å². The highest BCUT2D eigenvalue weighted by Gasteiger charge is 2.28. The molecule has 82 valence electrons. The van der Waals surface area contributed by atoms with E-state index in [1.54, 1.807) is 0 Å². The zero-order valence-electron chi connectivity index (χ0n) is 8.70. The molecule has 0 unspecified atom stereocenters. The summed E-state index contributed by atoms with van der Waals surface area (Å²) in [5.41, 5.74) is 0. The van der Waals surface area contributed by atoms with Crippen LogP contribution in [0, 0.1) is 5.92 Å². The van der Waals surface area contributed by atoms with Crippen LogP contribution in [-0.4, -0.2) is 32.5 Å². The minimum atomic E-state index is -0.164. The van der Waals surface area contributed by atoms with Crippen LogP contribution < -0.4 is 5.32 Å². The van der Waals surface area contributed by atoms with Crippen molar-refractivity contribution in [3.8, 4) is 0 Å². The van der Waals surface area contributed by atoms with Crippen LogP contribution in [0.15, 0.2) is 0 Å². The van der Waals surface area contributed by atoms with Crippen molar-refractivity contribution in [2.24, 2.45) is 5.92 Å². The van der Waals surface area contributed by atoms with Crippen molar-refractivity contribution < 1.29 is 14.2 Å². The summed E-state index contributed by atoms with van der Waals surface area (Å²) in [4.78, 5) is 0. The normalized spacial score (nSPS) is 27.2. The third-order valence-corrected chi connectivity index (χ3v) is 3.06. The molecule has 0 saturated carbocycles.